The number of carboxylic acids is 1. The highest BCUT2D eigenvalue weighted by molar-refractivity contribution is 7.16. The van der Waals surface area contributed by atoms with Gasteiger partial charge in [-0.2, -0.15) is 5.10 Å². The van der Waals surface area contributed by atoms with E-state index >= 15 is 0 Å². The fraction of sp³-hybridized carbons (Fsp3) is 0.118. The van der Waals surface area contributed by atoms with Gasteiger partial charge in [-0.15, -0.1) is 11.3 Å². The maximum absolute atomic E-state index is 12.2. The molecule has 3 rings (SSSR count). The maximum atomic E-state index is 12.2. The predicted octanol–water partition coefficient (Wildman–Crippen LogP) is 3.86. The molecule has 0 atom stereocenters. The van der Waals surface area contributed by atoms with Crippen LogP contribution in [0.4, 0.5) is 5.69 Å². The number of nitrogens with zero attached hydrogens (tertiary/aromatic N) is 2. The number of aromatic nitrogens is 2. The van der Waals surface area contributed by atoms with Crippen molar-refractivity contribution in [3.8, 4) is 5.69 Å². The standard InChI is InChI=1S/C17H14ClN3O3S/c18-15-7-5-11(25-15)6-8-16(22)19-12-3-1-2-4-14(12)21-10-9-13(20-21)17(23)24/h1-5,7,9-10H,6,8H2,(H,19,22)(H,23,24). The van der Waals surface area contributed by atoms with E-state index in [1.54, 1.807) is 30.5 Å². The molecule has 0 aliphatic rings. The van der Waals surface area contributed by atoms with E-state index in [0.29, 0.717) is 28.6 Å². The van der Waals surface area contributed by atoms with Crippen molar-refractivity contribution in [2.24, 2.45) is 0 Å². The number of hydrogen-bond acceptors (Lipinski definition) is 4. The van der Waals surface area contributed by atoms with Crippen LogP contribution in [-0.2, 0) is 11.2 Å². The third-order valence-corrected chi connectivity index (χ3v) is 4.75. The number of rotatable bonds is 6. The minimum atomic E-state index is -1.10. The first-order valence-corrected chi connectivity index (χ1v) is 8.65. The van der Waals surface area contributed by atoms with E-state index in [9.17, 15) is 9.59 Å². The van der Waals surface area contributed by atoms with Gasteiger partial charge in [-0.3, -0.25) is 4.79 Å². The fourth-order valence-electron chi connectivity index (χ4n) is 2.29. The number of aryl methyl sites for hydroxylation is 1. The van der Waals surface area contributed by atoms with Crippen molar-refractivity contribution in [2.75, 3.05) is 5.32 Å². The van der Waals surface area contributed by atoms with Crippen LogP contribution in [0.25, 0.3) is 5.69 Å². The Morgan fingerprint density at radius 1 is 1.20 bits per heavy atom. The lowest BCUT2D eigenvalue weighted by Crippen LogP contribution is -2.14. The lowest BCUT2D eigenvalue weighted by molar-refractivity contribution is -0.116. The number of carbonyl (C=O) groups is 2. The average Bonchev–Trinajstić information content (AvgIpc) is 3.23. The van der Waals surface area contributed by atoms with Crippen molar-refractivity contribution < 1.29 is 14.7 Å². The molecule has 25 heavy (non-hydrogen) atoms. The van der Waals surface area contributed by atoms with Gasteiger partial charge in [0.1, 0.15) is 0 Å². The van der Waals surface area contributed by atoms with Crippen LogP contribution in [0.5, 0.6) is 0 Å². The van der Waals surface area contributed by atoms with E-state index in [1.807, 2.05) is 12.1 Å². The van der Waals surface area contributed by atoms with Crippen LogP contribution in [0.15, 0.2) is 48.7 Å². The summed E-state index contributed by atoms with van der Waals surface area (Å²) in [6.45, 7) is 0. The Balaban J connectivity index is 1.71. The van der Waals surface area contributed by atoms with Crippen LogP contribution in [0, 0.1) is 0 Å². The van der Waals surface area contributed by atoms with Gasteiger partial charge >= 0.3 is 5.97 Å². The summed E-state index contributed by atoms with van der Waals surface area (Å²) in [5.74, 6) is -1.24. The number of amides is 1. The molecule has 2 aromatic heterocycles. The van der Waals surface area contributed by atoms with Crippen LogP contribution in [0.1, 0.15) is 21.8 Å². The number of hydrogen-bond donors (Lipinski definition) is 2. The highest BCUT2D eigenvalue weighted by Gasteiger charge is 2.12. The molecule has 0 bridgehead atoms. The number of anilines is 1. The van der Waals surface area contributed by atoms with Crippen LogP contribution in [0.2, 0.25) is 4.34 Å². The van der Waals surface area contributed by atoms with E-state index < -0.39 is 5.97 Å². The third kappa shape index (κ3) is 4.26. The molecule has 0 spiro atoms. The molecule has 0 unspecified atom stereocenters. The molecule has 1 amide bonds. The number of benzene rings is 1. The number of para-hydroxylation sites is 2. The van der Waals surface area contributed by atoms with Crippen LogP contribution < -0.4 is 5.32 Å². The van der Waals surface area contributed by atoms with E-state index in [1.165, 1.54) is 22.1 Å². The Morgan fingerprint density at radius 2 is 2.00 bits per heavy atom. The second-order valence-corrected chi connectivity index (χ2v) is 7.02. The number of aromatic carboxylic acids is 1. The predicted molar refractivity (Wildman–Crippen MR) is 96.8 cm³/mol. The van der Waals surface area contributed by atoms with Crippen LogP contribution in [0.3, 0.4) is 0 Å². The summed E-state index contributed by atoms with van der Waals surface area (Å²) >= 11 is 7.34. The quantitative estimate of drug-likeness (QED) is 0.685. The Hall–Kier alpha value is -2.64. The van der Waals surface area contributed by atoms with Gasteiger partial charge in [-0.25, -0.2) is 9.48 Å². The zero-order chi connectivity index (χ0) is 17.8. The molecule has 2 heterocycles. The van der Waals surface area contributed by atoms with Crippen molar-refractivity contribution in [1.29, 1.82) is 0 Å². The van der Waals surface area contributed by atoms with E-state index in [4.69, 9.17) is 16.7 Å². The van der Waals surface area contributed by atoms with Crippen molar-refractivity contribution >= 4 is 40.5 Å². The molecule has 3 aromatic rings. The first kappa shape index (κ1) is 17.2. The monoisotopic (exact) mass is 375 g/mol. The molecule has 0 saturated carbocycles. The largest absolute Gasteiger partial charge is 0.476 e. The van der Waals surface area contributed by atoms with Gasteiger partial charge in [0.05, 0.1) is 15.7 Å². The number of nitrogens with one attached hydrogen (secondary N) is 1. The zero-order valence-electron chi connectivity index (χ0n) is 13.0. The van der Waals surface area contributed by atoms with Gasteiger partial charge in [0.15, 0.2) is 5.69 Å². The van der Waals surface area contributed by atoms with E-state index in [-0.39, 0.29) is 11.6 Å². The normalized spacial score (nSPS) is 10.6. The third-order valence-electron chi connectivity index (χ3n) is 3.46. The molecule has 128 valence electrons. The first-order chi connectivity index (χ1) is 12.0. The SMILES string of the molecule is O=C(CCc1ccc(Cl)s1)Nc1ccccc1-n1ccc(C(=O)O)n1. The fourth-order valence-corrected chi connectivity index (χ4v) is 3.37. The van der Waals surface area contributed by atoms with E-state index in [0.717, 1.165) is 4.88 Å². The first-order valence-electron chi connectivity index (χ1n) is 7.45. The molecular formula is C17H14ClN3O3S. The minimum absolute atomic E-state index is 0.0595. The second-order valence-electron chi connectivity index (χ2n) is 5.22. The molecular weight excluding hydrogens is 362 g/mol. The number of carbonyl (C=O) groups excluding carboxylic acids is 1. The summed E-state index contributed by atoms with van der Waals surface area (Å²) < 4.78 is 2.13. The number of halogens is 1. The Bertz CT molecular complexity index is 919. The van der Waals surface area contributed by atoms with Crippen molar-refractivity contribution in [3.63, 3.8) is 0 Å². The highest BCUT2D eigenvalue weighted by Crippen LogP contribution is 2.23. The molecule has 0 fully saturated rings. The minimum Gasteiger partial charge on any atom is -0.476 e. The molecule has 0 saturated heterocycles. The van der Waals surface area contributed by atoms with Gasteiger partial charge in [0.2, 0.25) is 5.91 Å². The average molecular weight is 376 g/mol. The van der Waals surface area contributed by atoms with Gasteiger partial charge in [0.25, 0.3) is 0 Å². The smallest absolute Gasteiger partial charge is 0.356 e. The zero-order valence-corrected chi connectivity index (χ0v) is 14.5. The van der Waals surface area contributed by atoms with Gasteiger partial charge < -0.3 is 10.4 Å². The molecule has 0 radical (unpaired) electrons. The van der Waals surface area contributed by atoms with Crippen molar-refractivity contribution in [3.05, 3.63) is 63.6 Å². The summed E-state index contributed by atoms with van der Waals surface area (Å²) in [4.78, 5) is 24.3. The van der Waals surface area contributed by atoms with E-state index in [2.05, 4.69) is 10.4 Å². The van der Waals surface area contributed by atoms with Gasteiger partial charge in [-0.1, -0.05) is 23.7 Å². The van der Waals surface area contributed by atoms with Gasteiger partial charge in [-0.05, 0) is 36.8 Å². The van der Waals surface area contributed by atoms with Crippen LogP contribution >= 0.6 is 22.9 Å². The molecule has 1 aromatic carbocycles. The molecule has 8 heteroatoms. The Labute approximate surface area is 152 Å². The summed E-state index contributed by atoms with van der Waals surface area (Å²) in [6, 6.07) is 12.2. The summed E-state index contributed by atoms with van der Waals surface area (Å²) in [7, 11) is 0. The number of carboxylic acid groups (broad SMARTS) is 1. The maximum Gasteiger partial charge on any atom is 0.356 e. The summed E-state index contributed by atoms with van der Waals surface area (Å²) in [5.41, 5.74) is 1.11. The number of thiophene rings is 1. The summed E-state index contributed by atoms with van der Waals surface area (Å²) in [6.07, 6.45) is 2.48. The topological polar surface area (TPSA) is 84.2 Å². The lowest BCUT2D eigenvalue weighted by Gasteiger charge is -2.10. The molecule has 0 aliphatic heterocycles. The van der Waals surface area contributed by atoms with Crippen LogP contribution in [-0.4, -0.2) is 26.8 Å². The second kappa shape index (κ2) is 7.50. The van der Waals surface area contributed by atoms with Crippen molar-refractivity contribution in [2.45, 2.75) is 12.8 Å². The Morgan fingerprint density at radius 3 is 2.68 bits per heavy atom. The van der Waals surface area contributed by atoms with Crippen molar-refractivity contribution in [1.82, 2.24) is 9.78 Å². The molecule has 2 N–H and O–H groups in total. The van der Waals surface area contributed by atoms with Gasteiger partial charge in [0, 0.05) is 17.5 Å². The molecule has 0 aliphatic carbocycles. The lowest BCUT2D eigenvalue weighted by atomic mass is 10.2. The Kier molecular flexibility index (Phi) is 5.16. The molecule has 6 nitrogen and oxygen atoms in total. The summed E-state index contributed by atoms with van der Waals surface area (Å²) in [5, 5.41) is 15.8. The highest BCUT2D eigenvalue weighted by atomic mass is 35.5.